The Morgan fingerprint density at radius 3 is 2.32 bits per heavy atom. The van der Waals surface area contributed by atoms with Crippen LogP contribution in [0.5, 0.6) is 17.2 Å². The van der Waals surface area contributed by atoms with Gasteiger partial charge in [0.1, 0.15) is 0 Å². The topological polar surface area (TPSA) is 90.9 Å². The molecule has 0 amide bonds. The van der Waals surface area contributed by atoms with Gasteiger partial charge in [-0.3, -0.25) is 0 Å². The lowest BCUT2D eigenvalue weighted by atomic mass is 10.2. The van der Waals surface area contributed by atoms with Crippen LogP contribution >= 0.6 is 0 Å². The predicted octanol–water partition coefficient (Wildman–Crippen LogP) is 1.48. The number of benzene rings is 1. The summed E-state index contributed by atoms with van der Waals surface area (Å²) in [6.45, 7) is 2.81. The van der Waals surface area contributed by atoms with Gasteiger partial charge in [0, 0.05) is 30.9 Å². The van der Waals surface area contributed by atoms with E-state index in [1.54, 1.807) is 39.7 Å². The molecule has 9 heteroatoms. The average molecular weight is 347 g/mol. The van der Waals surface area contributed by atoms with Crippen LogP contribution in [-0.2, 0) is 4.74 Å². The summed E-state index contributed by atoms with van der Waals surface area (Å²) in [7, 11) is 4.71. The van der Waals surface area contributed by atoms with Gasteiger partial charge in [0.25, 0.3) is 0 Å². The third kappa shape index (κ3) is 3.82. The van der Waals surface area contributed by atoms with Gasteiger partial charge in [0.2, 0.25) is 11.7 Å². The molecule has 0 unspecified atom stereocenters. The molecule has 1 saturated heterocycles. The van der Waals surface area contributed by atoms with E-state index >= 15 is 0 Å². The zero-order valence-electron chi connectivity index (χ0n) is 14.5. The minimum Gasteiger partial charge on any atom is -0.493 e. The van der Waals surface area contributed by atoms with E-state index < -0.39 is 0 Å². The van der Waals surface area contributed by atoms with E-state index in [2.05, 4.69) is 20.5 Å². The first-order chi connectivity index (χ1) is 12.2. The van der Waals surface area contributed by atoms with Crippen LogP contribution < -0.4 is 24.4 Å². The van der Waals surface area contributed by atoms with Crippen molar-refractivity contribution in [2.24, 2.45) is 0 Å². The average Bonchev–Trinajstić information content (AvgIpc) is 2.68. The minimum absolute atomic E-state index is 0.533. The number of rotatable bonds is 6. The molecule has 134 valence electrons. The van der Waals surface area contributed by atoms with Crippen molar-refractivity contribution in [3.63, 3.8) is 0 Å². The molecule has 1 aliphatic heterocycles. The highest BCUT2D eigenvalue weighted by Gasteiger charge is 2.16. The number of nitrogens with one attached hydrogen (secondary N) is 1. The Hall–Kier alpha value is -2.81. The highest BCUT2D eigenvalue weighted by atomic mass is 16.5. The Kier molecular flexibility index (Phi) is 5.34. The van der Waals surface area contributed by atoms with E-state index in [-0.39, 0.29) is 0 Å². The lowest BCUT2D eigenvalue weighted by Gasteiger charge is -2.26. The summed E-state index contributed by atoms with van der Waals surface area (Å²) in [4.78, 5) is 6.56. The van der Waals surface area contributed by atoms with Gasteiger partial charge < -0.3 is 29.2 Å². The molecular weight excluding hydrogens is 326 g/mol. The number of anilines is 3. The number of morpholine rings is 1. The Balaban J connectivity index is 1.84. The van der Waals surface area contributed by atoms with E-state index in [9.17, 15) is 0 Å². The highest BCUT2D eigenvalue weighted by Crippen LogP contribution is 2.40. The Bertz CT molecular complexity index is 696. The second-order valence-corrected chi connectivity index (χ2v) is 5.28. The first kappa shape index (κ1) is 17.0. The Labute approximate surface area is 145 Å². The summed E-state index contributed by atoms with van der Waals surface area (Å²) < 4.78 is 21.4. The Morgan fingerprint density at radius 1 is 1.04 bits per heavy atom. The summed E-state index contributed by atoms with van der Waals surface area (Å²) >= 11 is 0. The smallest absolute Gasteiger partial charge is 0.247 e. The van der Waals surface area contributed by atoms with Gasteiger partial charge in [0.05, 0.1) is 40.7 Å². The molecule has 3 rings (SSSR count). The van der Waals surface area contributed by atoms with Crippen LogP contribution in [0.2, 0.25) is 0 Å². The second kappa shape index (κ2) is 7.84. The van der Waals surface area contributed by atoms with Gasteiger partial charge in [-0.2, -0.15) is 10.1 Å². The number of aromatic nitrogens is 3. The lowest BCUT2D eigenvalue weighted by Crippen LogP contribution is -2.37. The fraction of sp³-hybridized carbons (Fsp3) is 0.438. The van der Waals surface area contributed by atoms with Crippen molar-refractivity contribution in [2.75, 3.05) is 57.8 Å². The molecule has 0 radical (unpaired) electrons. The minimum atomic E-state index is 0.533. The molecule has 0 aliphatic carbocycles. The zero-order valence-corrected chi connectivity index (χ0v) is 14.5. The van der Waals surface area contributed by atoms with Crippen LogP contribution in [0, 0.1) is 0 Å². The SMILES string of the molecule is COc1cc(Nc2cnnc(N3CCOCC3)n2)cc(OC)c1OC. The molecule has 0 atom stereocenters. The van der Waals surface area contributed by atoms with Crippen molar-refractivity contribution in [2.45, 2.75) is 0 Å². The quantitative estimate of drug-likeness (QED) is 0.834. The number of ether oxygens (including phenoxy) is 4. The summed E-state index contributed by atoms with van der Waals surface area (Å²) in [5, 5.41) is 11.3. The molecule has 2 aromatic rings. The van der Waals surface area contributed by atoms with Crippen molar-refractivity contribution < 1.29 is 18.9 Å². The van der Waals surface area contributed by atoms with E-state index in [0.717, 1.165) is 18.8 Å². The molecular formula is C16H21N5O4. The van der Waals surface area contributed by atoms with Crippen LogP contribution in [0.25, 0.3) is 0 Å². The molecule has 0 spiro atoms. The first-order valence-electron chi connectivity index (χ1n) is 7.84. The molecule has 9 nitrogen and oxygen atoms in total. The van der Waals surface area contributed by atoms with Crippen molar-refractivity contribution in [1.82, 2.24) is 15.2 Å². The first-order valence-corrected chi connectivity index (χ1v) is 7.84. The van der Waals surface area contributed by atoms with Gasteiger partial charge in [-0.15, -0.1) is 5.10 Å². The summed E-state index contributed by atoms with van der Waals surface area (Å²) in [6, 6.07) is 3.61. The Morgan fingerprint density at radius 2 is 1.72 bits per heavy atom. The molecule has 1 aliphatic rings. The molecule has 0 bridgehead atoms. The van der Waals surface area contributed by atoms with E-state index in [1.807, 2.05) is 4.90 Å². The van der Waals surface area contributed by atoms with Crippen molar-refractivity contribution in [3.8, 4) is 17.2 Å². The molecule has 2 heterocycles. The van der Waals surface area contributed by atoms with Gasteiger partial charge >= 0.3 is 0 Å². The standard InChI is InChI=1S/C16H21N5O4/c1-22-12-8-11(9-13(23-2)15(12)24-3)18-14-10-17-20-16(19-14)21-4-6-25-7-5-21/h8-10H,4-7H2,1-3H3,(H,18,19,20). The third-order valence-electron chi connectivity index (χ3n) is 3.78. The van der Waals surface area contributed by atoms with E-state index in [1.165, 1.54) is 0 Å². The number of methoxy groups -OCH3 is 3. The number of hydrogen-bond donors (Lipinski definition) is 1. The van der Waals surface area contributed by atoms with Gasteiger partial charge in [0.15, 0.2) is 17.3 Å². The zero-order chi connectivity index (χ0) is 17.6. The predicted molar refractivity (Wildman–Crippen MR) is 92.2 cm³/mol. The van der Waals surface area contributed by atoms with Crippen molar-refractivity contribution >= 4 is 17.5 Å². The normalized spacial score (nSPS) is 14.1. The number of hydrogen-bond acceptors (Lipinski definition) is 9. The molecule has 1 aromatic heterocycles. The maximum absolute atomic E-state index is 5.36. The van der Waals surface area contributed by atoms with Crippen molar-refractivity contribution in [3.05, 3.63) is 18.3 Å². The van der Waals surface area contributed by atoms with Crippen LogP contribution in [0.4, 0.5) is 17.5 Å². The number of nitrogens with zero attached hydrogens (tertiary/aromatic N) is 4. The molecule has 0 saturated carbocycles. The van der Waals surface area contributed by atoms with Gasteiger partial charge in [-0.05, 0) is 0 Å². The molecule has 1 aromatic carbocycles. The van der Waals surface area contributed by atoms with E-state index in [0.29, 0.717) is 42.2 Å². The fourth-order valence-corrected chi connectivity index (χ4v) is 2.55. The maximum Gasteiger partial charge on any atom is 0.247 e. The van der Waals surface area contributed by atoms with Crippen LogP contribution in [0.15, 0.2) is 18.3 Å². The van der Waals surface area contributed by atoms with Crippen molar-refractivity contribution in [1.29, 1.82) is 0 Å². The van der Waals surface area contributed by atoms with Crippen LogP contribution in [0.1, 0.15) is 0 Å². The molecule has 1 N–H and O–H groups in total. The summed E-state index contributed by atoms with van der Waals surface area (Å²) in [5.41, 5.74) is 0.739. The monoisotopic (exact) mass is 347 g/mol. The van der Waals surface area contributed by atoms with Crippen LogP contribution in [-0.4, -0.2) is 62.8 Å². The molecule has 1 fully saturated rings. The lowest BCUT2D eigenvalue weighted by molar-refractivity contribution is 0.122. The van der Waals surface area contributed by atoms with E-state index in [4.69, 9.17) is 18.9 Å². The van der Waals surface area contributed by atoms with Gasteiger partial charge in [-0.1, -0.05) is 0 Å². The third-order valence-corrected chi connectivity index (χ3v) is 3.78. The fourth-order valence-electron chi connectivity index (χ4n) is 2.55. The van der Waals surface area contributed by atoms with Gasteiger partial charge in [-0.25, -0.2) is 0 Å². The highest BCUT2D eigenvalue weighted by molar-refractivity contribution is 5.66. The van der Waals surface area contributed by atoms with Crippen LogP contribution in [0.3, 0.4) is 0 Å². The maximum atomic E-state index is 5.36. The molecule has 25 heavy (non-hydrogen) atoms. The summed E-state index contributed by atoms with van der Waals surface area (Å²) in [5.74, 6) is 2.79. The largest absolute Gasteiger partial charge is 0.493 e. The second-order valence-electron chi connectivity index (χ2n) is 5.28. The summed E-state index contributed by atoms with van der Waals surface area (Å²) in [6.07, 6.45) is 1.56.